The van der Waals surface area contributed by atoms with Crippen LogP contribution in [0, 0.1) is 0 Å². The summed E-state index contributed by atoms with van der Waals surface area (Å²) in [6, 6.07) is 0. The van der Waals surface area contributed by atoms with Gasteiger partial charge in [-0.3, -0.25) is 0 Å². The predicted molar refractivity (Wildman–Crippen MR) is 63.9 cm³/mol. The van der Waals surface area contributed by atoms with Gasteiger partial charge in [0.05, 0.1) is 4.91 Å². The van der Waals surface area contributed by atoms with Crippen molar-refractivity contribution in [3.8, 4) is 0 Å². The molecule has 0 aliphatic heterocycles. The molecule has 90 valence electrons. The first kappa shape index (κ1) is 17.4. The minimum atomic E-state index is -4.36. The first-order valence-electron chi connectivity index (χ1n) is 5.14. The molecule has 3 nitrogen and oxygen atoms in total. The molecule has 0 aromatic rings. The molecule has 1 aliphatic rings. The number of allylic oxidation sites excluding steroid dienone is 4. The Morgan fingerprint density at radius 1 is 1.47 bits per heavy atom. The number of rotatable bonds is 4. The summed E-state index contributed by atoms with van der Waals surface area (Å²) in [5, 5.41) is 0. The summed E-state index contributed by atoms with van der Waals surface area (Å²) in [7, 11) is -4.36. The van der Waals surface area contributed by atoms with Crippen LogP contribution in [0.1, 0.15) is 32.6 Å². The van der Waals surface area contributed by atoms with E-state index in [0.717, 1.165) is 18.4 Å². The van der Waals surface area contributed by atoms with Crippen molar-refractivity contribution in [3.05, 3.63) is 33.7 Å². The van der Waals surface area contributed by atoms with E-state index in [9.17, 15) is 13.0 Å². The molecule has 0 aromatic carbocycles. The van der Waals surface area contributed by atoms with E-state index < -0.39 is 10.1 Å². The van der Waals surface area contributed by atoms with E-state index in [1.807, 2.05) is 6.92 Å². The fourth-order valence-corrected chi connectivity index (χ4v) is 2.54. The van der Waals surface area contributed by atoms with Gasteiger partial charge in [-0.15, -0.1) is 0 Å². The Morgan fingerprint density at radius 3 is 2.59 bits per heavy atom. The zero-order valence-electron chi connectivity index (χ0n) is 10.1. The first-order chi connectivity index (χ1) is 7.49. The quantitative estimate of drug-likeness (QED) is 0.542. The Balaban J connectivity index is 0.00000256. The van der Waals surface area contributed by atoms with Crippen molar-refractivity contribution in [1.29, 1.82) is 0 Å². The molecule has 1 aliphatic carbocycles. The van der Waals surface area contributed by atoms with E-state index in [0.29, 0.717) is 18.4 Å². The van der Waals surface area contributed by atoms with Crippen LogP contribution in [0.2, 0.25) is 0 Å². The molecule has 0 amide bonds. The van der Waals surface area contributed by atoms with Gasteiger partial charge in [-0.2, -0.15) is 0 Å². The second kappa shape index (κ2) is 7.77. The maximum absolute atomic E-state index is 11.0. The molecular weight excluding hydrogens is 271 g/mol. The molecule has 0 saturated carbocycles. The number of hydrogen-bond donors (Lipinski definition) is 0. The maximum Gasteiger partial charge on any atom is 1.00 e. The van der Waals surface area contributed by atoms with E-state index >= 15 is 0 Å². The Labute approximate surface area is 130 Å². The third kappa shape index (κ3) is 5.28. The predicted octanol–water partition coefficient (Wildman–Crippen LogP) is 0.0625. The molecule has 6 heteroatoms. The summed E-state index contributed by atoms with van der Waals surface area (Å²) in [5.74, 6) is 0. The molecule has 0 unspecified atom stereocenters. The molecule has 0 fully saturated rings. The van der Waals surface area contributed by atoms with Gasteiger partial charge in [0.1, 0.15) is 10.1 Å². The summed E-state index contributed by atoms with van der Waals surface area (Å²) in [4.78, 5) is -0.0804. The minimum absolute atomic E-state index is 0. The van der Waals surface area contributed by atoms with Crippen molar-refractivity contribution < 1.29 is 42.5 Å². The van der Waals surface area contributed by atoms with Crippen LogP contribution in [0.15, 0.2) is 33.7 Å². The normalized spacial score (nSPS) is 18.4. The molecule has 0 radical (unpaired) electrons. The summed E-state index contributed by atoms with van der Waals surface area (Å²) >= 11 is 5.58. The molecule has 0 heterocycles. The van der Waals surface area contributed by atoms with Crippen LogP contribution in [-0.4, -0.2) is 13.0 Å². The van der Waals surface area contributed by atoms with Gasteiger partial charge in [0.15, 0.2) is 0 Å². The molecular formula is C11H14ClNaO3S. The molecule has 0 spiro atoms. The van der Waals surface area contributed by atoms with E-state index in [2.05, 4.69) is 0 Å². The van der Waals surface area contributed by atoms with Crippen LogP contribution in [0.4, 0.5) is 0 Å². The smallest absolute Gasteiger partial charge is 0.744 e. The largest absolute Gasteiger partial charge is 1.00 e. The molecule has 0 saturated heterocycles. The third-order valence-electron chi connectivity index (χ3n) is 2.46. The van der Waals surface area contributed by atoms with Crippen molar-refractivity contribution in [2.45, 2.75) is 32.6 Å². The van der Waals surface area contributed by atoms with Crippen LogP contribution < -0.4 is 29.6 Å². The van der Waals surface area contributed by atoms with Crippen LogP contribution >= 0.6 is 11.6 Å². The number of hydrogen-bond acceptors (Lipinski definition) is 3. The van der Waals surface area contributed by atoms with Crippen LogP contribution in [0.5, 0.6) is 0 Å². The van der Waals surface area contributed by atoms with Crippen molar-refractivity contribution in [2.75, 3.05) is 0 Å². The fourth-order valence-electron chi connectivity index (χ4n) is 1.63. The van der Waals surface area contributed by atoms with Crippen LogP contribution in [0.25, 0.3) is 0 Å². The zero-order valence-corrected chi connectivity index (χ0v) is 13.6. The Morgan fingerprint density at radius 2 is 2.12 bits per heavy atom. The van der Waals surface area contributed by atoms with Crippen molar-refractivity contribution >= 4 is 21.7 Å². The maximum atomic E-state index is 11.0. The van der Waals surface area contributed by atoms with Gasteiger partial charge in [0, 0.05) is 5.54 Å². The first-order valence-corrected chi connectivity index (χ1v) is 6.98. The van der Waals surface area contributed by atoms with Crippen LogP contribution in [-0.2, 0) is 10.1 Å². The van der Waals surface area contributed by atoms with Crippen molar-refractivity contribution in [2.24, 2.45) is 0 Å². The van der Waals surface area contributed by atoms with Gasteiger partial charge in [-0.1, -0.05) is 31.0 Å². The summed E-state index contributed by atoms with van der Waals surface area (Å²) in [6.45, 7) is 2.02. The summed E-state index contributed by atoms with van der Waals surface area (Å²) in [5.41, 5.74) is 2.92. The monoisotopic (exact) mass is 284 g/mol. The van der Waals surface area contributed by atoms with Gasteiger partial charge in [-0.05, 0) is 36.5 Å². The van der Waals surface area contributed by atoms with E-state index in [4.69, 9.17) is 11.6 Å². The van der Waals surface area contributed by atoms with Gasteiger partial charge >= 0.3 is 29.6 Å². The Bertz CT molecular complexity index is 449. The zero-order chi connectivity index (χ0) is 12.2. The molecule has 1 rings (SSSR count). The van der Waals surface area contributed by atoms with Gasteiger partial charge < -0.3 is 4.55 Å². The average Bonchev–Trinajstić information content (AvgIpc) is 2.24. The number of halogens is 1. The SMILES string of the molecule is CCCCC1=C(S(=O)(=O)[O-])C=CC(=CCl)C1.[Na+]. The van der Waals surface area contributed by atoms with E-state index in [1.165, 1.54) is 11.6 Å². The van der Waals surface area contributed by atoms with Gasteiger partial charge in [0.2, 0.25) is 0 Å². The average molecular weight is 285 g/mol. The molecule has 0 aromatic heterocycles. The molecule has 0 bridgehead atoms. The molecule has 0 atom stereocenters. The number of unbranched alkanes of at least 4 members (excludes halogenated alkanes) is 1. The summed E-state index contributed by atoms with van der Waals surface area (Å²) < 4.78 is 33.1. The molecule has 0 N–H and O–H groups in total. The Hall–Kier alpha value is 0.420. The topological polar surface area (TPSA) is 57.2 Å². The standard InChI is InChI=1S/C11H15ClO3S.Na/c1-2-3-4-10-7-9(8-12)5-6-11(10)16(13,14)15;/h5-6,8H,2-4,7H2,1H3,(H,13,14,15);/q;+1/p-1. The van der Waals surface area contributed by atoms with Gasteiger partial charge in [0.25, 0.3) is 0 Å². The van der Waals surface area contributed by atoms with E-state index in [1.54, 1.807) is 6.08 Å². The fraction of sp³-hybridized carbons (Fsp3) is 0.455. The minimum Gasteiger partial charge on any atom is -0.744 e. The second-order valence-electron chi connectivity index (χ2n) is 3.72. The third-order valence-corrected chi connectivity index (χ3v) is 3.70. The van der Waals surface area contributed by atoms with Gasteiger partial charge in [-0.25, -0.2) is 8.42 Å². The van der Waals surface area contributed by atoms with Crippen molar-refractivity contribution in [1.82, 2.24) is 0 Å². The van der Waals surface area contributed by atoms with E-state index in [-0.39, 0.29) is 34.5 Å². The summed E-state index contributed by atoms with van der Waals surface area (Å²) in [6.07, 6.45) is 5.85. The van der Waals surface area contributed by atoms with Crippen LogP contribution in [0.3, 0.4) is 0 Å². The molecule has 17 heavy (non-hydrogen) atoms. The second-order valence-corrected chi connectivity index (χ2v) is 5.29. The Kier molecular flexibility index (Phi) is 7.96. The van der Waals surface area contributed by atoms with Crippen molar-refractivity contribution in [3.63, 3.8) is 0 Å².